The van der Waals surface area contributed by atoms with Crippen LogP contribution in [0.15, 0.2) is 89.1 Å². The molecule has 1 atom stereocenters. The minimum absolute atomic E-state index is 0.124. The molecule has 1 aliphatic heterocycles. The van der Waals surface area contributed by atoms with Gasteiger partial charge in [-0.2, -0.15) is 5.10 Å². The molecule has 0 unspecified atom stereocenters. The predicted octanol–water partition coefficient (Wildman–Crippen LogP) is 4.53. The third kappa shape index (κ3) is 6.07. The van der Waals surface area contributed by atoms with Crippen molar-refractivity contribution in [3.63, 3.8) is 0 Å². The number of rotatable bonds is 9. The number of hydrogen-bond donors (Lipinski definition) is 1. The number of hydrogen-bond acceptors (Lipinski definition) is 7. The first-order chi connectivity index (χ1) is 19.4. The summed E-state index contributed by atoms with van der Waals surface area (Å²) in [5.74, 6) is 1.20. The minimum atomic E-state index is -0.200. The average Bonchev–Trinajstić information content (AvgIpc) is 3.59. The number of benzene rings is 3. The van der Waals surface area contributed by atoms with Crippen molar-refractivity contribution in [3.05, 3.63) is 107 Å². The lowest BCUT2D eigenvalue weighted by Crippen LogP contribution is -2.28. The number of carbonyl (C=O) groups excluding carboxylic acids is 2. The molecule has 0 aliphatic carbocycles. The van der Waals surface area contributed by atoms with Crippen molar-refractivity contribution < 1.29 is 14.3 Å². The van der Waals surface area contributed by atoms with Crippen molar-refractivity contribution in [1.82, 2.24) is 25.1 Å². The Bertz CT molecular complexity index is 1520. The number of aryl methyl sites for hydroxylation is 1. The molecule has 40 heavy (non-hydrogen) atoms. The van der Waals surface area contributed by atoms with E-state index in [1.165, 1.54) is 11.8 Å². The van der Waals surface area contributed by atoms with Gasteiger partial charge in [-0.05, 0) is 54.4 Å². The topological polar surface area (TPSA) is 102 Å². The molecule has 2 heterocycles. The summed E-state index contributed by atoms with van der Waals surface area (Å²) in [6.45, 7) is 2.27. The maximum Gasteiger partial charge on any atom is 0.253 e. The van der Waals surface area contributed by atoms with Gasteiger partial charge in [-0.15, -0.1) is 10.2 Å². The van der Waals surface area contributed by atoms with Gasteiger partial charge in [0.15, 0.2) is 11.0 Å². The lowest BCUT2D eigenvalue weighted by atomic mass is 9.97. The van der Waals surface area contributed by atoms with Gasteiger partial charge >= 0.3 is 0 Å². The van der Waals surface area contributed by atoms with E-state index in [0.717, 1.165) is 28.2 Å². The molecule has 2 amide bonds. The Balaban J connectivity index is 1.27. The van der Waals surface area contributed by atoms with Crippen LogP contribution < -0.4 is 10.1 Å². The van der Waals surface area contributed by atoms with Gasteiger partial charge in [-0.3, -0.25) is 9.59 Å². The van der Waals surface area contributed by atoms with E-state index in [1.54, 1.807) is 28.8 Å². The average molecular weight is 555 g/mol. The quantitative estimate of drug-likeness (QED) is 0.305. The van der Waals surface area contributed by atoms with Gasteiger partial charge in [0.2, 0.25) is 0 Å². The Morgan fingerprint density at radius 3 is 2.42 bits per heavy atom. The van der Waals surface area contributed by atoms with Gasteiger partial charge in [-0.1, -0.05) is 59.8 Å². The van der Waals surface area contributed by atoms with Crippen LogP contribution in [-0.4, -0.2) is 50.2 Å². The molecule has 0 radical (unpaired) electrons. The van der Waals surface area contributed by atoms with E-state index in [9.17, 15) is 9.59 Å². The molecule has 0 spiro atoms. The van der Waals surface area contributed by atoms with Crippen LogP contribution in [0.4, 0.5) is 0 Å². The molecule has 0 saturated heterocycles. The van der Waals surface area contributed by atoms with Gasteiger partial charge in [-0.25, -0.2) is 5.01 Å². The van der Waals surface area contributed by atoms with E-state index in [1.807, 2.05) is 56.4 Å². The second kappa shape index (κ2) is 12.2. The van der Waals surface area contributed by atoms with Crippen LogP contribution in [0.3, 0.4) is 0 Å². The highest BCUT2D eigenvalue weighted by molar-refractivity contribution is 7.99. The summed E-state index contributed by atoms with van der Waals surface area (Å²) in [5.41, 5.74) is 4.57. The molecule has 1 aromatic heterocycles. The SMILES string of the molecule is COc1ccc(C2=NN(C(=O)CSc3nnc(CNC(=O)c4ccccc4)n3C)[C@H](c3ccc(C)cc3)C2)cc1. The first kappa shape index (κ1) is 27.1. The number of hydrazone groups is 1. The molecule has 5 rings (SSSR count). The lowest BCUT2D eigenvalue weighted by molar-refractivity contribution is -0.130. The number of aromatic nitrogens is 3. The van der Waals surface area contributed by atoms with Gasteiger partial charge in [0.05, 0.1) is 31.2 Å². The van der Waals surface area contributed by atoms with E-state index < -0.39 is 0 Å². The highest BCUT2D eigenvalue weighted by atomic mass is 32.2. The highest BCUT2D eigenvalue weighted by Gasteiger charge is 2.33. The first-order valence-electron chi connectivity index (χ1n) is 12.9. The van der Waals surface area contributed by atoms with Crippen LogP contribution in [0, 0.1) is 6.92 Å². The van der Waals surface area contributed by atoms with Crippen molar-refractivity contribution in [3.8, 4) is 5.75 Å². The number of amides is 2. The van der Waals surface area contributed by atoms with Gasteiger partial charge in [0.1, 0.15) is 5.75 Å². The van der Waals surface area contributed by atoms with Gasteiger partial charge in [0.25, 0.3) is 11.8 Å². The van der Waals surface area contributed by atoms with Crippen molar-refractivity contribution in [2.24, 2.45) is 12.1 Å². The molecule has 0 fully saturated rings. The molecule has 204 valence electrons. The summed E-state index contributed by atoms with van der Waals surface area (Å²) in [6, 6.07) is 24.7. The fourth-order valence-electron chi connectivity index (χ4n) is 4.41. The second-order valence-electron chi connectivity index (χ2n) is 9.44. The number of methoxy groups -OCH3 is 1. The van der Waals surface area contributed by atoms with Crippen LogP contribution >= 0.6 is 11.8 Å². The van der Waals surface area contributed by atoms with E-state index >= 15 is 0 Å². The fraction of sp³-hybridized carbons (Fsp3) is 0.233. The molecule has 4 aromatic rings. The predicted molar refractivity (Wildman–Crippen MR) is 154 cm³/mol. The minimum Gasteiger partial charge on any atom is -0.497 e. The summed E-state index contributed by atoms with van der Waals surface area (Å²) in [4.78, 5) is 25.9. The molecule has 9 nitrogen and oxygen atoms in total. The summed E-state index contributed by atoms with van der Waals surface area (Å²) >= 11 is 1.29. The van der Waals surface area contributed by atoms with E-state index in [0.29, 0.717) is 23.0 Å². The monoisotopic (exact) mass is 554 g/mol. The zero-order chi connectivity index (χ0) is 28.1. The zero-order valence-electron chi connectivity index (χ0n) is 22.6. The second-order valence-corrected chi connectivity index (χ2v) is 10.4. The van der Waals surface area contributed by atoms with E-state index in [4.69, 9.17) is 9.84 Å². The van der Waals surface area contributed by atoms with Crippen LogP contribution in [0.5, 0.6) is 5.75 Å². The Labute approximate surface area is 237 Å². The number of ether oxygens (including phenoxy) is 1. The fourth-order valence-corrected chi connectivity index (χ4v) is 5.20. The number of nitrogens with zero attached hydrogens (tertiary/aromatic N) is 5. The Morgan fingerprint density at radius 2 is 1.73 bits per heavy atom. The maximum absolute atomic E-state index is 13.5. The largest absolute Gasteiger partial charge is 0.497 e. The van der Waals surface area contributed by atoms with Gasteiger partial charge < -0.3 is 14.6 Å². The van der Waals surface area contributed by atoms with Crippen LogP contribution in [0.25, 0.3) is 0 Å². The smallest absolute Gasteiger partial charge is 0.253 e. The molecule has 1 N–H and O–H groups in total. The van der Waals surface area contributed by atoms with Crippen molar-refractivity contribution in [1.29, 1.82) is 0 Å². The van der Waals surface area contributed by atoms with Gasteiger partial charge in [0, 0.05) is 19.0 Å². The number of nitrogens with one attached hydrogen (secondary N) is 1. The Hall–Kier alpha value is -4.44. The van der Waals surface area contributed by atoms with E-state index in [-0.39, 0.29) is 30.2 Å². The van der Waals surface area contributed by atoms with Crippen molar-refractivity contribution >= 4 is 29.3 Å². The van der Waals surface area contributed by atoms with E-state index in [2.05, 4.69) is 39.8 Å². The summed E-state index contributed by atoms with van der Waals surface area (Å²) in [7, 11) is 3.45. The molecule has 0 bridgehead atoms. The van der Waals surface area contributed by atoms with Crippen LogP contribution in [-0.2, 0) is 18.4 Å². The lowest BCUT2D eigenvalue weighted by Gasteiger charge is -2.22. The zero-order valence-corrected chi connectivity index (χ0v) is 23.4. The molecular weight excluding hydrogens is 524 g/mol. The Morgan fingerprint density at radius 1 is 1.00 bits per heavy atom. The van der Waals surface area contributed by atoms with Crippen LogP contribution in [0.2, 0.25) is 0 Å². The maximum atomic E-state index is 13.5. The number of carbonyl (C=O) groups is 2. The number of thioether (sulfide) groups is 1. The molecule has 10 heteroatoms. The third-order valence-corrected chi connectivity index (χ3v) is 7.75. The molecule has 0 saturated carbocycles. The third-order valence-electron chi connectivity index (χ3n) is 6.74. The first-order valence-corrected chi connectivity index (χ1v) is 13.9. The highest BCUT2D eigenvalue weighted by Crippen LogP contribution is 2.34. The molecule has 1 aliphatic rings. The summed E-state index contributed by atoms with van der Waals surface area (Å²) < 4.78 is 7.07. The molecular formula is C30H30N6O3S. The normalized spacial score (nSPS) is 14.6. The van der Waals surface area contributed by atoms with Crippen molar-refractivity contribution in [2.75, 3.05) is 12.9 Å². The Kier molecular flexibility index (Phi) is 8.26. The van der Waals surface area contributed by atoms with Crippen molar-refractivity contribution in [2.45, 2.75) is 31.1 Å². The summed E-state index contributed by atoms with van der Waals surface area (Å²) in [6.07, 6.45) is 0.612. The molecule has 3 aromatic carbocycles. The van der Waals surface area contributed by atoms with Crippen LogP contribution in [0.1, 0.15) is 45.3 Å². The summed E-state index contributed by atoms with van der Waals surface area (Å²) in [5, 5.41) is 18.3. The standard InChI is InChI=1S/C30H30N6O3S/c1-20-9-11-22(12-10-20)26-17-25(21-13-15-24(39-3)16-14-21)34-36(26)28(37)19-40-30-33-32-27(35(30)2)18-31-29(38)23-7-5-4-6-8-23/h4-16,26H,17-19H2,1-3H3,(H,31,38)/t26-/m0/s1.